The van der Waals surface area contributed by atoms with Crippen LogP contribution in [-0.2, 0) is 45.7 Å². The van der Waals surface area contributed by atoms with Crippen molar-refractivity contribution in [1.82, 2.24) is 4.90 Å². The van der Waals surface area contributed by atoms with Crippen LogP contribution in [0.1, 0.15) is 74.7 Å². The van der Waals surface area contributed by atoms with Gasteiger partial charge < -0.3 is 26.6 Å². The Bertz CT molecular complexity index is 858. The minimum absolute atomic E-state index is 0.0449. The molecule has 1 aliphatic heterocycles. The zero-order valence-corrected chi connectivity index (χ0v) is 28.7. The van der Waals surface area contributed by atoms with Crippen molar-refractivity contribution in [2.75, 3.05) is 46.2 Å². The van der Waals surface area contributed by atoms with Gasteiger partial charge in [0.1, 0.15) is 0 Å². The van der Waals surface area contributed by atoms with Gasteiger partial charge in [-0.1, -0.05) is 0 Å². The van der Waals surface area contributed by atoms with E-state index in [4.69, 9.17) is 26.6 Å². The number of hydrogen-bond donors (Lipinski definition) is 0. The van der Waals surface area contributed by atoms with Crippen molar-refractivity contribution in [3.8, 4) is 0 Å². The van der Waals surface area contributed by atoms with E-state index in [1.807, 2.05) is 41.5 Å². The largest absolute Gasteiger partial charge is 0.500 e. The number of allylic oxidation sites excluding steroid dienone is 2. The standard InChI is InChI=1S/C15H26O5Si.C14H25NO5Si/c1-5-18-21(19-6-2,20-7-3)10-8-9-13-14(16)11-12(4)15(13)17;1-5-18-21(19-6-2,20-7-3)10-8-9-15-13(16)11-12(4)14(15)17/h11,13H,5-10H2,1-4H3;11H,5-10H2,1-4H3. The van der Waals surface area contributed by atoms with Crippen molar-refractivity contribution in [2.24, 2.45) is 5.92 Å². The van der Waals surface area contributed by atoms with Gasteiger partial charge in [-0.3, -0.25) is 24.1 Å². The summed E-state index contributed by atoms with van der Waals surface area (Å²) < 4.78 is 34.5. The first-order valence-electron chi connectivity index (χ1n) is 15.1. The Kier molecular flexibility index (Phi) is 17.7. The molecule has 2 rings (SSSR count). The zero-order valence-electron chi connectivity index (χ0n) is 26.7. The Balaban J connectivity index is 0.000000420. The van der Waals surface area contributed by atoms with Gasteiger partial charge in [-0.15, -0.1) is 0 Å². The molecular formula is C29H51NO10Si2. The lowest BCUT2D eigenvalue weighted by atomic mass is 9.98. The molecule has 42 heavy (non-hydrogen) atoms. The maximum Gasteiger partial charge on any atom is 0.500 e. The molecule has 0 aromatic rings. The third-order valence-electron chi connectivity index (χ3n) is 6.62. The molecule has 1 atom stereocenters. The predicted octanol–water partition coefficient (Wildman–Crippen LogP) is 4.27. The molecule has 13 heteroatoms. The fourth-order valence-corrected chi connectivity index (χ4v) is 10.1. The topological polar surface area (TPSA) is 127 Å². The Morgan fingerprint density at radius 1 is 0.643 bits per heavy atom. The van der Waals surface area contributed by atoms with Crippen LogP contribution in [0.4, 0.5) is 0 Å². The molecule has 0 spiro atoms. The molecule has 0 saturated heterocycles. The Labute approximate surface area is 253 Å². The highest BCUT2D eigenvalue weighted by molar-refractivity contribution is 6.61. The maximum absolute atomic E-state index is 11.9. The first-order valence-corrected chi connectivity index (χ1v) is 19.0. The lowest BCUT2D eigenvalue weighted by Crippen LogP contribution is -2.46. The molecule has 0 N–H and O–H groups in total. The highest BCUT2D eigenvalue weighted by atomic mass is 28.4. The van der Waals surface area contributed by atoms with Crippen LogP contribution in [-0.4, -0.2) is 92.1 Å². The number of rotatable bonds is 20. The summed E-state index contributed by atoms with van der Waals surface area (Å²) in [6.45, 7) is 18.3. The van der Waals surface area contributed by atoms with Crippen LogP contribution in [0.25, 0.3) is 0 Å². The quantitative estimate of drug-likeness (QED) is 0.109. The van der Waals surface area contributed by atoms with E-state index in [-0.39, 0.29) is 23.4 Å². The van der Waals surface area contributed by atoms with Gasteiger partial charge in [0.05, 0.1) is 5.92 Å². The van der Waals surface area contributed by atoms with E-state index < -0.39 is 23.5 Å². The van der Waals surface area contributed by atoms with Crippen molar-refractivity contribution >= 4 is 41.0 Å². The second-order valence-electron chi connectivity index (χ2n) is 9.73. The Morgan fingerprint density at radius 2 is 1.07 bits per heavy atom. The van der Waals surface area contributed by atoms with Gasteiger partial charge >= 0.3 is 17.6 Å². The van der Waals surface area contributed by atoms with Crippen molar-refractivity contribution < 1.29 is 45.7 Å². The molecule has 2 aliphatic rings. The summed E-state index contributed by atoms with van der Waals surface area (Å²) in [7, 11) is -5.36. The molecule has 1 unspecified atom stereocenters. The zero-order chi connectivity index (χ0) is 31.8. The number of hydrogen-bond acceptors (Lipinski definition) is 10. The maximum atomic E-state index is 11.9. The lowest BCUT2D eigenvalue weighted by molar-refractivity contribution is -0.137. The SMILES string of the molecule is CCO[Si](CCCC1C(=O)C=C(C)C1=O)(OCC)OCC.CCO[Si](CCCN1C(=O)C=C(C)C1=O)(OCC)OCC. The predicted molar refractivity (Wildman–Crippen MR) is 162 cm³/mol. The minimum atomic E-state index is -2.69. The molecule has 2 amide bonds. The van der Waals surface area contributed by atoms with Crippen LogP contribution in [0.2, 0.25) is 12.1 Å². The van der Waals surface area contributed by atoms with Crippen molar-refractivity contribution in [1.29, 1.82) is 0 Å². The second-order valence-corrected chi connectivity index (χ2v) is 15.2. The summed E-state index contributed by atoms with van der Waals surface area (Å²) >= 11 is 0. The molecule has 240 valence electrons. The molecule has 0 bridgehead atoms. The molecular weight excluding hydrogens is 578 g/mol. The number of ketones is 2. The van der Waals surface area contributed by atoms with E-state index in [9.17, 15) is 19.2 Å². The van der Waals surface area contributed by atoms with Gasteiger partial charge in [-0.2, -0.15) is 0 Å². The van der Waals surface area contributed by atoms with Crippen LogP contribution in [0.15, 0.2) is 23.3 Å². The monoisotopic (exact) mass is 629 g/mol. The Hall–Kier alpha value is -1.85. The van der Waals surface area contributed by atoms with Gasteiger partial charge in [0, 0.05) is 69.9 Å². The minimum Gasteiger partial charge on any atom is -0.374 e. The molecule has 11 nitrogen and oxygen atoms in total. The summed E-state index contributed by atoms with van der Waals surface area (Å²) in [4.78, 5) is 48.4. The van der Waals surface area contributed by atoms with E-state index in [0.717, 1.165) is 0 Å². The number of imide groups is 1. The average Bonchev–Trinajstić information content (AvgIpc) is 3.32. The van der Waals surface area contributed by atoms with Crippen LogP contribution in [0.3, 0.4) is 0 Å². The molecule has 0 aromatic heterocycles. The summed E-state index contributed by atoms with van der Waals surface area (Å²) in [6, 6.07) is 1.23. The van der Waals surface area contributed by atoms with Crippen LogP contribution in [0, 0.1) is 5.92 Å². The summed E-state index contributed by atoms with van der Waals surface area (Å²) in [5.41, 5.74) is 1.05. The molecule has 0 fully saturated rings. The fraction of sp³-hybridized carbons (Fsp3) is 0.724. The van der Waals surface area contributed by atoms with Gasteiger partial charge in [0.2, 0.25) is 0 Å². The molecule has 1 aliphatic carbocycles. The van der Waals surface area contributed by atoms with Gasteiger partial charge in [0.25, 0.3) is 11.8 Å². The highest BCUT2D eigenvalue weighted by Crippen LogP contribution is 2.26. The summed E-state index contributed by atoms with van der Waals surface area (Å²) in [6.07, 6.45) is 4.67. The van der Waals surface area contributed by atoms with Crippen molar-refractivity contribution in [2.45, 2.75) is 86.7 Å². The van der Waals surface area contributed by atoms with Gasteiger partial charge in [-0.25, -0.2) is 0 Å². The van der Waals surface area contributed by atoms with Crippen LogP contribution >= 0.6 is 0 Å². The Morgan fingerprint density at radius 3 is 1.40 bits per heavy atom. The van der Waals surface area contributed by atoms with E-state index in [1.165, 1.54) is 17.1 Å². The molecule has 0 aromatic carbocycles. The summed E-state index contributed by atoms with van der Waals surface area (Å²) in [5.74, 6) is -1.09. The third-order valence-corrected chi connectivity index (χ3v) is 12.9. The number of carbonyl (C=O) groups excluding carboxylic acids is 4. The van der Waals surface area contributed by atoms with E-state index >= 15 is 0 Å². The van der Waals surface area contributed by atoms with Crippen molar-refractivity contribution in [3.63, 3.8) is 0 Å². The van der Waals surface area contributed by atoms with Crippen LogP contribution < -0.4 is 0 Å². The smallest absolute Gasteiger partial charge is 0.374 e. The lowest BCUT2D eigenvalue weighted by Gasteiger charge is -2.29. The van der Waals surface area contributed by atoms with E-state index in [2.05, 4.69) is 0 Å². The number of amides is 2. The number of carbonyl (C=O) groups is 4. The first-order chi connectivity index (χ1) is 20.0. The van der Waals surface area contributed by atoms with E-state index in [1.54, 1.807) is 13.8 Å². The molecule has 0 saturated carbocycles. The van der Waals surface area contributed by atoms with Crippen molar-refractivity contribution in [3.05, 3.63) is 23.3 Å². The van der Waals surface area contributed by atoms with Gasteiger partial charge in [-0.05, 0) is 86.3 Å². The van der Waals surface area contributed by atoms with Crippen LogP contribution in [0.5, 0.6) is 0 Å². The highest BCUT2D eigenvalue weighted by Gasteiger charge is 2.42. The van der Waals surface area contributed by atoms with E-state index in [0.29, 0.717) is 88.7 Å². The fourth-order valence-electron chi connectivity index (χ4n) is 4.89. The number of nitrogens with zero attached hydrogens (tertiary/aromatic N) is 1. The molecule has 1 heterocycles. The third kappa shape index (κ3) is 11.3. The average molecular weight is 630 g/mol. The normalized spacial score (nSPS) is 17.5. The van der Waals surface area contributed by atoms with Gasteiger partial charge in [0.15, 0.2) is 11.6 Å². The second kappa shape index (κ2) is 19.4. The molecule has 0 radical (unpaired) electrons. The first kappa shape index (κ1) is 38.2. The number of Topliss-reactive ketones (excluding diaryl/α,β-unsaturated/α-hetero) is 1. The summed E-state index contributed by atoms with van der Waals surface area (Å²) in [5, 5.41) is 0.